The highest BCUT2D eigenvalue weighted by Gasteiger charge is 2.03. The SMILES string of the molecule is O=C(CCCc1ccccc1)NCCNc1cc(Nc2ccccn2)ncn1. The van der Waals surface area contributed by atoms with Crippen molar-refractivity contribution in [1.82, 2.24) is 20.3 Å². The number of aryl methyl sites for hydroxylation is 1. The Hall–Kier alpha value is -3.48. The van der Waals surface area contributed by atoms with E-state index < -0.39 is 0 Å². The third kappa shape index (κ3) is 6.68. The van der Waals surface area contributed by atoms with Gasteiger partial charge in [-0.05, 0) is 30.5 Å². The third-order valence-corrected chi connectivity index (χ3v) is 4.05. The van der Waals surface area contributed by atoms with E-state index in [2.05, 4.69) is 43.0 Å². The molecule has 2 heterocycles. The number of hydrogen-bond acceptors (Lipinski definition) is 6. The molecule has 0 spiro atoms. The predicted octanol–water partition coefficient (Wildman–Crippen LogP) is 3.17. The van der Waals surface area contributed by atoms with E-state index in [0.29, 0.717) is 31.1 Å². The van der Waals surface area contributed by atoms with Gasteiger partial charge < -0.3 is 16.0 Å². The van der Waals surface area contributed by atoms with Crippen LogP contribution >= 0.6 is 0 Å². The number of anilines is 3. The maximum atomic E-state index is 11.9. The average molecular weight is 376 g/mol. The van der Waals surface area contributed by atoms with Crippen LogP contribution in [0.4, 0.5) is 17.5 Å². The minimum Gasteiger partial charge on any atom is -0.368 e. The number of carbonyl (C=O) groups excluding carboxylic acids is 1. The van der Waals surface area contributed by atoms with Gasteiger partial charge in [0.05, 0.1) is 0 Å². The van der Waals surface area contributed by atoms with Crippen LogP contribution in [0.1, 0.15) is 18.4 Å². The van der Waals surface area contributed by atoms with Gasteiger partial charge in [-0.2, -0.15) is 0 Å². The molecule has 1 amide bonds. The number of hydrogen-bond donors (Lipinski definition) is 3. The Kier molecular flexibility index (Phi) is 7.31. The Morgan fingerprint density at radius 1 is 0.857 bits per heavy atom. The number of nitrogens with one attached hydrogen (secondary N) is 3. The first-order valence-corrected chi connectivity index (χ1v) is 9.34. The van der Waals surface area contributed by atoms with Crippen molar-refractivity contribution in [2.24, 2.45) is 0 Å². The summed E-state index contributed by atoms with van der Waals surface area (Å²) in [5, 5.41) is 9.22. The molecule has 0 unspecified atom stereocenters. The second-order valence-corrected chi connectivity index (χ2v) is 6.24. The summed E-state index contributed by atoms with van der Waals surface area (Å²) in [7, 11) is 0. The summed E-state index contributed by atoms with van der Waals surface area (Å²) >= 11 is 0. The Bertz CT molecular complexity index is 857. The third-order valence-electron chi connectivity index (χ3n) is 4.05. The Balaban J connectivity index is 1.33. The highest BCUT2D eigenvalue weighted by atomic mass is 16.1. The first-order valence-electron chi connectivity index (χ1n) is 9.34. The van der Waals surface area contributed by atoms with Crippen LogP contribution in [-0.2, 0) is 11.2 Å². The van der Waals surface area contributed by atoms with E-state index >= 15 is 0 Å². The molecule has 0 bridgehead atoms. The van der Waals surface area contributed by atoms with Crippen LogP contribution in [0.25, 0.3) is 0 Å². The zero-order chi connectivity index (χ0) is 19.4. The van der Waals surface area contributed by atoms with E-state index in [9.17, 15) is 4.79 Å². The molecule has 7 heteroatoms. The maximum Gasteiger partial charge on any atom is 0.220 e. The molecule has 0 saturated heterocycles. The summed E-state index contributed by atoms with van der Waals surface area (Å²) in [5.74, 6) is 2.13. The zero-order valence-electron chi connectivity index (χ0n) is 15.6. The molecular formula is C21H24N6O. The Labute approximate surface area is 164 Å². The summed E-state index contributed by atoms with van der Waals surface area (Å²) in [5.41, 5.74) is 1.26. The molecule has 7 nitrogen and oxygen atoms in total. The van der Waals surface area contributed by atoms with Crippen molar-refractivity contribution >= 4 is 23.4 Å². The topological polar surface area (TPSA) is 91.8 Å². The maximum absolute atomic E-state index is 11.9. The van der Waals surface area contributed by atoms with Gasteiger partial charge in [-0.1, -0.05) is 36.4 Å². The lowest BCUT2D eigenvalue weighted by Gasteiger charge is -2.09. The molecule has 3 aromatic rings. The van der Waals surface area contributed by atoms with Gasteiger partial charge in [-0.3, -0.25) is 4.79 Å². The molecule has 0 aliphatic rings. The molecule has 0 fully saturated rings. The van der Waals surface area contributed by atoms with Gasteiger partial charge in [-0.15, -0.1) is 0 Å². The van der Waals surface area contributed by atoms with Gasteiger partial charge in [0.25, 0.3) is 0 Å². The molecule has 2 aromatic heterocycles. The number of pyridine rings is 1. The van der Waals surface area contributed by atoms with Crippen molar-refractivity contribution < 1.29 is 4.79 Å². The lowest BCUT2D eigenvalue weighted by molar-refractivity contribution is -0.121. The number of aromatic nitrogens is 3. The molecule has 3 rings (SSSR count). The van der Waals surface area contributed by atoms with E-state index in [0.717, 1.165) is 18.7 Å². The fourth-order valence-electron chi connectivity index (χ4n) is 2.67. The van der Waals surface area contributed by atoms with E-state index in [1.165, 1.54) is 11.9 Å². The van der Waals surface area contributed by atoms with Gasteiger partial charge in [0.2, 0.25) is 5.91 Å². The summed E-state index contributed by atoms with van der Waals surface area (Å²) < 4.78 is 0. The summed E-state index contributed by atoms with van der Waals surface area (Å²) in [6.45, 7) is 1.13. The van der Waals surface area contributed by atoms with Crippen molar-refractivity contribution in [2.75, 3.05) is 23.7 Å². The molecule has 3 N–H and O–H groups in total. The van der Waals surface area contributed by atoms with Crippen LogP contribution in [-0.4, -0.2) is 33.9 Å². The van der Waals surface area contributed by atoms with E-state index in [1.807, 2.05) is 36.4 Å². The lowest BCUT2D eigenvalue weighted by atomic mass is 10.1. The average Bonchev–Trinajstić information content (AvgIpc) is 2.73. The molecule has 144 valence electrons. The van der Waals surface area contributed by atoms with Gasteiger partial charge in [0.15, 0.2) is 0 Å². The van der Waals surface area contributed by atoms with Crippen molar-refractivity contribution in [3.05, 3.63) is 72.7 Å². The fourth-order valence-corrected chi connectivity index (χ4v) is 2.67. The van der Waals surface area contributed by atoms with Crippen LogP contribution < -0.4 is 16.0 Å². The minimum absolute atomic E-state index is 0.0675. The lowest BCUT2D eigenvalue weighted by Crippen LogP contribution is -2.28. The predicted molar refractivity (Wildman–Crippen MR) is 110 cm³/mol. The van der Waals surface area contributed by atoms with Gasteiger partial charge in [0, 0.05) is 31.8 Å². The second-order valence-electron chi connectivity index (χ2n) is 6.24. The Morgan fingerprint density at radius 2 is 1.68 bits per heavy atom. The van der Waals surface area contributed by atoms with E-state index in [4.69, 9.17) is 0 Å². The van der Waals surface area contributed by atoms with Crippen LogP contribution in [0.5, 0.6) is 0 Å². The van der Waals surface area contributed by atoms with Gasteiger partial charge in [-0.25, -0.2) is 15.0 Å². The Morgan fingerprint density at radius 3 is 2.50 bits per heavy atom. The number of carbonyl (C=O) groups is 1. The molecule has 0 aliphatic carbocycles. The summed E-state index contributed by atoms with van der Waals surface area (Å²) in [6, 6.07) is 17.6. The van der Waals surface area contributed by atoms with Crippen molar-refractivity contribution in [3.63, 3.8) is 0 Å². The number of rotatable bonds is 10. The van der Waals surface area contributed by atoms with Gasteiger partial charge in [0.1, 0.15) is 23.8 Å². The molecule has 0 saturated carbocycles. The molecular weight excluding hydrogens is 352 g/mol. The van der Waals surface area contributed by atoms with Crippen molar-refractivity contribution in [3.8, 4) is 0 Å². The van der Waals surface area contributed by atoms with Crippen molar-refractivity contribution in [1.29, 1.82) is 0 Å². The quantitative estimate of drug-likeness (QED) is 0.471. The molecule has 28 heavy (non-hydrogen) atoms. The summed E-state index contributed by atoms with van der Waals surface area (Å²) in [6.07, 6.45) is 5.48. The van der Waals surface area contributed by atoms with Crippen molar-refractivity contribution in [2.45, 2.75) is 19.3 Å². The highest BCUT2D eigenvalue weighted by molar-refractivity contribution is 5.75. The van der Waals surface area contributed by atoms with Gasteiger partial charge >= 0.3 is 0 Å². The monoisotopic (exact) mass is 376 g/mol. The van der Waals surface area contributed by atoms with E-state index in [1.54, 1.807) is 12.3 Å². The smallest absolute Gasteiger partial charge is 0.220 e. The standard InChI is InChI=1S/C21H24N6O/c28-21(11-6-9-17-7-2-1-3-8-17)24-14-13-23-19-15-20(26-16-25-19)27-18-10-4-5-12-22-18/h1-5,7-8,10,12,15-16H,6,9,11,13-14H2,(H,24,28)(H2,22,23,25,26,27). The van der Waals surface area contributed by atoms with Crippen LogP contribution in [0.2, 0.25) is 0 Å². The molecule has 0 atom stereocenters. The minimum atomic E-state index is 0.0675. The van der Waals surface area contributed by atoms with E-state index in [-0.39, 0.29) is 5.91 Å². The zero-order valence-corrected chi connectivity index (χ0v) is 15.6. The first kappa shape index (κ1) is 19.3. The molecule has 0 radical (unpaired) electrons. The number of amides is 1. The number of benzene rings is 1. The van der Waals surface area contributed by atoms with Crippen LogP contribution in [0, 0.1) is 0 Å². The van der Waals surface area contributed by atoms with Crippen LogP contribution in [0.15, 0.2) is 67.1 Å². The fraction of sp³-hybridized carbons (Fsp3) is 0.238. The molecule has 0 aliphatic heterocycles. The summed E-state index contributed by atoms with van der Waals surface area (Å²) in [4.78, 5) is 24.5. The van der Waals surface area contributed by atoms with Crippen LogP contribution in [0.3, 0.4) is 0 Å². The first-order chi connectivity index (χ1) is 13.8. The normalized spacial score (nSPS) is 10.3. The highest BCUT2D eigenvalue weighted by Crippen LogP contribution is 2.13. The number of nitrogens with zero attached hydrogens (tertiary/aromatic N) is 3. The largest absolute Gasteiger partial charge is 0.368 e. The second kappa shape index (κ2) is 10.6. The molecule has 1 aromatic carbocycles.